The largest absolute Gasteiger partial charge is 0.395 e. The average molecular weight is 372 g/mol. The SMILES string of the molecule is N#Cc1c(NCCO)nc(Sc2ccccc2)c(C#N)c1-c1ccccc1. The fraction of sp³-hybridized carbons (Fsp3) is 0.0952. The van der Waals surface area contributed by atoms with Crippen LogP contribution in [0.3, 0.4) is 0 Å². The molecule has 0 bridgehead atoms. The first-order valence-electron chi connectivity index (χ1n) is 8.29. The zero-order chi connectivity index (χ0) is 19.1. The van der Waals surface area contributed by atoms with Gasteiger partial charge < -0.3 is 10.4 Å². The highest BCUT2D eigenvalue weighted by molar-refractivity contribution is 7.99. The number of nitriles is 2. The number of anilines is 1. The third-order valence-corrected chi connectivity index (χ3v) is 4.81. The van der Waals surface area contributed by atoms with Gasteiger partial charge in [-0.25, -0.2) is 4.98 Å². The van der Waals surface area contributed by atoms with Gasteiger partial charge in [-0.05, 0) is 17.7 Å². The van der Waals surface area contributed by atoms with E-state index in [0.29, 0.717) is 27.5 Å². The van der Waals surface area contributed by atoms with Crippen molar-refractivity contribution >= 4 is 17.6 Å². The number of rotatable bonds is 6. The number of hydrogen-bond donors (Lipinski definition) is 2. The van der Waals surface area contributed by atoms with Gasteiger partial charge in [-0.2, -0.15) is 10.5 Å². The molecule has 3 aromatic rings. The second kappa shape index (κ2) is 8.86. The van der Waals surface area contributed by atoms with Gasteiger partial charge in [-0.1, -0.05) is 60.3 Å². The second-order valence-electron chi connectivity index (χ2n) is 5.55. The summed E-state index contributed by atoms with van der Waals surface area (Å²) in [5, 5.41) is 32.3. The summed E-state index contributed by atoms with van der Waals surface area (Å²) in [6.07, 6.45) is 0. The van der Waals surface area contributed by atoms with Crippen molar-refractivity contribution in [1.82, 2.24) is 4.98 Å². The lowest BCUT2D eigenvalue weighted by molar-refractivity contribution is 0.311. The Morgan fingerprint density at radius 2 is 1.56 bits per heavy atom. The number of pyridine rings is 1. The zero-order valence-corrected chi connectivity index (χ0v) is 15.2. The molecule has 6 heteroatoms. The maximum Gasteiger partial charge on any atom is 0.146 e. The Bertz CT molecular complexity index is 1010. The summed E-state index contributed by atoms with van der Waals surface area (Å²) in [6.45, 7) is 0.172. The van der Waals surface area contributed by atoms with Crippen molar-refractivity contribution in [1.29, 1.82) is 10.5 Å². The lowest BCUT2D eigenvalue weighted by Gasteiger charge is -2.15. The number of hydrogen-bond acceptors (Lipinski definition) is 6. The minimum absolute atomic E-state index is 0.0889. The van der Waals surface area contributed by atoms with Crippen LogP contribution in [0, 0.1) is 22.7 Å². The van der Waals surface area contributed by atoms with Crippen molar-refractivity contribution in [2.24, 2.45) is 0 Å². The molecule has 1 heterocycles. The number of nitrogens with zero attached hydrogens (tertiary/aromatic N) is 3. The maximum atomic E-state index is 9.85. The summed E-state index contributed by atoms with van der Waals surface area (Å²) in [7, 11) is 0. The number of benzene rings is 2. The normalized spacial score (nSPS) is 10.0. The molecular formula is C21H16N4OS. The molecule has 0 fully saturated rings. The topological polar surface area (TPSA) is 92.7 Å². The molecular weight excluding hydrogens is 356 g/mol. The summed E-state index contributed by atoms with van der Waals surface area (Å²) in [6, 6.07) is 23.4. The molecule has 0 unspecified atom stereocenters. The van der Waals surface area contributed by atoms with E-state index in [9.17, 15) is 10.5 Å². The van der Waals surface area contributed by atoms with Crippen LogP contribution in [0.2, 0.25) is 0 Å². The van der Waals surface area contributed by atoms with Crippen LogP contribution < -0.4 is 5.32 Å². The van der Waals surface area contributed by atoms with Crippen LogP contribution in [-0.4, -0.2) is 23.2 Å². The first-order chi connectivity index (χ1) is 13.3. The van der Waals surface area contributed by atoms with Crippen LogP contribution in [0.1, 0.15) is 11.1 Å². The van der Waals surface area contributed by atoms with E-state index in [4.69, 9.17) is 5.11 Å². The van der Waals surface area contributed by atoms with E-state index in [-0.39, 0.29) is 13.2 Å². The Hall–Kier alpha value is -3.32. The molecule has 5 nitrogen and oxygen atoms in total. The average Bonchev–Trinajstić information content (AvgIpc) is 2.73. The summed E-state index contributed by atoms with van der Waals surface area (Å²) < 4.78 is 0. The molecule has 0 atom stereocenters. The Labute approximate surface area is 161 Å². The van der Waals surface area contributed by atoms with Crippen LogP contribution in [-0.2, 0) is 0 Å². The van der Waals surface area contributed by atoms with E-state index in [1.165, 1.54) is 11.8 Å². The molecule has 0 aliphatic carbocycles. The van der Waals surface area contributed by atoms with Crippen LogP contribution in [0.4, 0.5) is 5.82 Å². The van der Waals surface area contributed by atoms with Crippen molar-refractivity contribution in [3.05, 3.63) is 71.8 Å². The molecule has 2 N–H and O–H groups in total. The lowest BCUT2D eigenvalue weighted by atomic mass is 9.97. The Kier molecular flexibility index (Phi) is 6.06. The quantitative estimate of drug-likeness (QED) is 0.678. The summed E-state index contributed by atoms with van der Waals surface area (Å²) in [5.41, 5.74) is 1.98. The van der Waals surface area contributed by atoms with E-state index in [1.807, 2.05) is 60.7 Å². The molecule has 2 aromatic carbocycles. The van der Waals surface area contributed by atoms with Crippen molar-refractivity contribution in [3.8, 4) is 23.3 Å². The first kappa shape index (κ1) is 18.5. The monoisotopic (exact) mass is 372 g/mol. The summed E-state index contributed by atoms with van der Waals surface area (Å²) >= 11 is 1.37. The van der Waals surface area contributed by atoms with Crippen LogP contribution in [0.25, 0.3) is 11.1 Å². The fourth-order valence-electron chi connectivity index (χ4n) is 2.65. The number of aromatic nitrogens is 1. The predicted molar refractivity (Wildman–Crippen MR) is 105 cm³/mol. The van der Waals surface area contributed by atoms with E-state index in [0.717, 1.165) is 10.5 Å². The highest BCUT2D eigenvalue weighted by Gasteiger charge is 2.21. The maximum absolute atomic E-state index is 9.85. The molecule has 3 rings (SSSR count). The van der Waals surface area contributed by atoms with Crippen LogP contribution in [0.15, 0.2) is 70.6 Å². The van der Waals surface area contributed by atoms with Crippen LogP contribution >= 0.6 is 11.8 Å². The summed E-state index contributed by atoms with van der Waals surface area (Å²) in [5.74, 6) is 0.364. The Balaban J connectivity index is 2.24. The molecule has 0 amide bonds. The molecule has 0 aliphatic rings. The van der Waals surface area contributed by atoms with Crippen LogP contribution in [0.5, 0.6) is 0 Å². The Morgan fingerprint density at radius 3 is 2.15 bits per heavy atom. The van der Waals surface area contributed by atoms with Gasteiger partial charge in [0.25, 0.3) is 0 Å². The number of nitrogens with one attached hydrogen (secondary N) is 1. The van der Waals surface area contributed by atoms with Gasteiger partial charge in [0.05, 0.1) is 12.2 Å². The third kappa shape index (κ3) is 4.09. The van der Waals surface area contributed by atoms with Gasteiger partial charge in [-0.15, -0.1) is 0 Å². The molecule has 27 heavy (non-hydrogen) atoms. The molecule has 0 saturated heterocycles. The minimum Gasteiger partial charge on any atom is -0.395 e. The Morgan fingerprint density at radius 1 is 0.926 bits per heavy atom. The number of aliphatic hydroxyl groups excluding tert-OH is 1. The lowest BCUT2D eigenvalue weighted by Crippen LogP contribution is -2.11. The second-order valence-corrected chi connectivity index (χ2v) is 6.61. The van der Waals surface area contributed by atoms with Gasteiger partial charge in [0, 0.05) is 17.0 Å². The highest BCUT2D eigenvalue weighted by atomic mass is 32.2. The number of aliphatic hydroxyl groups is 1. The van der Waals surface area contributed by atoms with Gasteiger partial charge in [0.2, 0.25) is 0 Å². The highest BCUT2D eigenvalue weighted by Crippen LogP contribution is 2.38. The van der Waals surface area contributed by atoms with E-state index < -0.39 is 0 Å². The first-order valence-corrected chi connectivity index (χ1v) is 9.11. The minimum atomic E-state index is -0.0889. The van der Waals surface area contributed by atoms with Gasteiger partial charge in [0.1, 0.15) is 28.5 Å². The molecule has 1 aromatic heterocycles. The van der Waals surface area contributed by atoms with Crippen molar-refractivity contribution in [2.45, 2.75) is 9.92 Å². The third-order valence-electron chi connectivity index (χ3n) is 3.81. The van der Waals surface area contributed by atoms with E-state index >= 15 is 0 Å². The summed E-state index contributed by atoms with van der Waals surface area (Å²) in [4.78, 5) is 5.47. The van der Waals surface area contributed by atoms with Crippen molar-refractivity contribution in [2.75, 3.05) is 18.5 Å². The standard InChI is InChI=1S/C21H16N4OS/c22-13-17-19(15-7-3-1-4-8-15)18(14-23)21(25-20(17)24-11-12-26)27-16-9-5-2-6-10-16/h1-10,26H,11-12H2,(H,24,25). The smallest absolute Gasteiger partial charge is 0.146 e. The molecule has 0 aliphatic heterocycles. The molecule has 132 valence electrons. The molecule has 0 spiro atoms. The van der Waals surface area contributed by atoms with Crippen molar-refractivity contribution in [3.63, 3.8) is 0 Å². The van der Waals surface area contributed by atoms with E-state index in [2.05, 4.69) is 22.4 Å². The fourth-order valence-corrected chi connectivity index (χ4v) is 3.55. The van der Waals surface area contributed by atoms with Gasteiger partial charge in [0.15, 0.2) is 0 Å². The van der Waals surface area contributed by atoms with Gasteiger partial charge in [-0.3, -0.25) is 0 Å². The predicted octanol–water partition coefficient (Wildman–Crippen LogP) is 4.05. The molecule has 0 radical (unpaired) electrons. The zero-order valence-electron chi connectivity index (χ0n) is 14.4. The molecule has 0 saturated carbocycles. The van der Waals surface area contributed by atoms with Gasteiger partial charge >= 0.3 is 0 Å². The van der Waals surface area contributed by atoms with Crippen molar-refractivity contribution < 1.29 is 5.11 Å². The van der Waals surface area contributed by atoms with E-state index in [1.54, 1.807) is 0 Å².